The molecule has 0 aliphatic carbocycles. The highest BCUT2D eigenvalue weighted by molar-refractivity contribution is 9.10. The summed E-state index contributed by atoms with van der Waals surface area (Å²) in [5.41, 5.74) is 0.0394. The lowest BCUT2D eigenvalue weighted by atomic mass is 10.2. The van der Waals surface area contributed by atoms with E-state index in [4.69, 9.17) is 9.84 Å². The van der Waals surface area contributed by atoms with E-state index < -0.39 is 18.2 Å². The van der Waals surface area contributed by atoms with Crippen molar-refractivity contribution in [1.82, 2.24) is 4.98 Å². The van der Waals surface area contributed by atoms with Gasteiger partial charge in [0, 0.05) is 16.2 Å². The highest BCUT2D eigenvalue weighted by Gasteiger charge is 2.13. The van der Waals surface area contributed by atoms with Crippen molar-refractivity contribution in [2.45, 2.75) is 6.61 Å². The largest absolute Gasteiger partial charge is 0.433 e. The van der Waals surface area contributed by atoms with Crippen LogP contribution in [0.1, 0.15) is 5.56 Å². The maximum atomic E-state index is 13.7. The SMILES string of the molecule is OCc1ccnc(Oc2ccc(Br)cc2F)c1F. The average molecular weight is 316 g/mol. The number of rotatable bonds is 3. The van der Waals surface area contributed by atoms with E-state index in [1.54, 1.807) is 6.07 Å². The predicted molar refractivity (Wildman–Crippen MR) is 64.3 cm³/mol. The summed E-state index contributed by atoms with van der Waals surface area (Å²) in [6.07, 6.45) is 1.28. The molecule has 94 valence electrons. The van der Waals surface area contributed by atoms with Gasteiger partial charge in [0.05, 0.1) is 6.61 Å². The van der Waals surface area contributed by atoms with Crippen molar-refractivity contribution < 1.29 is 18.6 Å². The molecule has 1 aromatic carbocycles. The van der Waals surface area contributed by atoms with Crippen molar-refractivity contribution in [1.29, 1.82) is 0 Å². The van der Waals surface area contributed by atoms with Crippen LogP contribution in [-0.4, -0.2) is 10.1 Å². The highest BCUT2D eigenvalue weighted by atomic mass is 79.9. The van der Waals surface area contributed by atoms with Gasteiger partial charge in [-0.1, -0.05) is 15.9 Å². The van der Waals surface area contributed by atoms with E-state index in [-0.39, 0.29) is 17.2 Å². The Morgan fingerprint density at radius 1 is 1.28 bits per heavy atom. The molecule has 0 bridgehead atoms. The van der Waals surface area contributed by atoms with Gasteiger partial charge in [-0.25, -0.2) is 13.8 Å². The highest BCUT2D eigenvalue weighted by Crippen LogP contribution is 2.28. The molecule has 3 nitrogen and oxygen atoms in total. The fourth-order valence-electron chi connectivity index (χ4n) is 1.32. The van der Waals surface area contributed by atoms with Gasteiger partial charge in [0.15, 0.2) is 17.4 Å². The van der Waals surface area contributed by atoms with Crippen LogP contribution in [0.2, 0.25) is 0 Å². The Morgan fingerprint density at radius 3 is 2.72 bits per heavy atom. The second kappa shape index (κ2) is 5.41. The summed E-state index contributed by atoms with van der Waals surface area (Å²) in [4.78, 5) is 3.66. The molecule has 0 aliphatic heterocycles. The van der Waals surface area contributed by atoms with Crippen molar-refractivity contribution in [2.24, 2.45) is 0 Å². The zero-order valence-corrected chi connectivity index (χ0v) is 10.6. The van der Waals surface area contributed by atoms with Crippen LogP contribution >= 0.6 is 15.9 Å². The van der Waals surface area contributed by atoms with Crippen molar-refractivity contribution in [3.8, 4) is 11.6 Å². The number of ether oxygens (including phenoxy) is 1. The van der Waals surface area contributed by atoms with Gasteiger partial charge in [-0.2, -0.15) is 0 Å². The molecule has 0 saturated carbocycles. The summed E-state index contributed by atoms with van der Waals surface area (Å²) in [6, 6.07) is 5.43. The van der Waals surface area contributed by atoms with Gasteiger partial charge >= 0.3 is 0 Å². The third-order valence-electron chi connectivity index (χ3n) is 2.21. The minimum absolute atomic E-state index is 0.0394. The molecule has 0 unspecified atom stereocenters. The molecule has 0 fully saturated rings. The maximum Gasteiger partial charge on any atom is 0.256 e. The fraction of sp³-hybridized carbons (Fsp3) is 0.0833. The van der Waals surface area contributed by atoms with E-state index in [9.17, 15) is 8.78 Å². The Bertz CT molecular complexity index is 578. The van der Waals surface area contributed by atoms with E-state index in [0.29, 0.717) is 4.47 Å². The lowest BCUT2D eigenvalue weighted by Crippen LogP contribution is -1.98. The van der Waals surface area contributed by atoms with Crippen LogP contribution in [-0.2, 0) is 6.61 Å². The molecule has 0 spiro atoms. The van der Waals surface area contributed by atoms with Crippen LogP contribution in [0.25, 0.3) is 0 Å². The third kappa shape index (κ3) is 2.65. The second-order valence-electron chi connectivity index (χ2n) is 3.42. The number of pyridine rings is 1. The number of aliphatic hydroxyl groups excluding tert-OH is 1. The molecule has 18 heavy (non-hydrogen) atoms. The van der Waals surface area contributed by atoms with Gasteiger partial charge in [0.1, 0.15) is 0 Å². The first-order valence-corrected chi connectivity index (χ1v) is 5.78. The molecule has 2 rings (SSSR count). The lowest BCUT2D eigenvalue weighted by molar-refractivity contribution is 0.272. The van der Waals surface area contributed by atoms with Crippen molar-refractivity contribution >= 4 is 15.9 Å². The second-order valence-corrected chi connectivity index (χ2v) is 4.34. The van der Waals surface area contributed by atoms with E-state index in [2.05, 4.69) is 20.9 Å². The monoisotopic (exact) mass is 315 g/mol. The topological polar surface area (TPSA) is 42.4 Å². The first-order chi connectivity index (χ1) is 8.61. The van der Waals surface area contributed by atoms with Gasteiger partial charge in [0.25, 0.3) is 5.88 Å². The average Bonchev–Trinajstić information content (AvgIpc) is 2.35. The van der Waals surface area contributed by atoms with Gasteiger partial charge in [-0.3, -0.25) is 0 Å². The number of aliphatic hydroxyl groups is 1. The van der Waals surface area contributed by atoms with Crippen molar-refractivity contribution in [3.05, 3.63) is 52.1 Å². The van der Waals surface area contributed by atoms with E-state index in [1.165, 1.54) is 24.4 Å². The van der Waals surface area contributed by atoms with Gasteiger partial charge in [0.2, 0.25) is 0 Å². The number of hydrogen-bond acceptors (Lipinski definition) is 3. The number of halogens is 3. The number of benzene rings is 1. The smallest absolute Gasteiger partial charge is 0.256 e. The molecule has 1 N–H and O–H groups in total. The summed E-state index contributed by atoms with van der Waals surface area (Å²) >= 11 is 3.10. The molecule has 2 aromatic rings. The Morgan fingerprint density at radius 2 is 2.06 bits per heavy atom. The Balaban J connectivity index is 2.34. The summed E-state index contributed by atoms with van der Waals surface area (Å²) in [5.74, 6) is -1.95. The minimum atomic E-state index is -0.803. The molecule has 0 radical (unpaired) electrons. The van der Waals surface area contributed by atoms with E-state index in [0.717, 1.165) is 0 Å². The third-order valence-corrected chi connectivity index (χ3v) is 2.70. The summed E-state index contributed by atoms with van der Waals surface area (Å²) in [5, 5.41) is 8.90. The molecule has 1 aromatic heterocycles. The van der Waals surface area contributed by atoms with Gasteiger partial charge in [-0.15, -0.1) is 0 Å². The first-order valence-electron chi connectivity index (χ1n) is 4.99. The molecule has 0 amide bonds. The van der Waals surface area contributed by atoms with E-state index in [1.807, 2.05) is 0 Å². The molecular weight excluding hydrogens is 308 g/mol. The lowest BCUT2D eigenvalue weighted by Gasteiger charge is -2.08. The molecule has 6 heteroatoms. The Labute approximate surface area is 110 Å². The van der Waals surface area contributed by atoms with Gasteiger partial charge in [-0.05, 0) is 24.3 Å². The molecule has 1 heterocycles. The van der Waals surface area contributed by atoms with Crippen LogP contribution in [0.5, 0.6) is 11.6 Å². The Kier molecular flexibility index (Phi) is 3.88. The first kappa shape index (κ1) is 12.9. The van der Waals surface area contributed by atoms with Crippen LogP contribution in [0.15, 0.2) is 34.9 Å². The molecule has 0 aliphatic rings. The van der Waals surface area contributed by atoms with Gasteiger partial charge < -0.3 is 9.84 Å². The van der Waals surface area contributed by atoms with Crippen molar-refractivity contribution in [2.75, 3.05) is 0 Å². The predicted octanol–water partition coefficient (Wildman–Crippen LogP) is 3.41. The summed E-state index contributed by atoms with van der Waals surface area (Å²) < 4.78 is 32.8. The zero-order chi connectivity index (χ0) is 13.1. The molecule has 0 saturated heterocycles. The quantitative estimate of drug-likeness (QED) is 0.943. The normalized spacial score (nSPS) is 10.4. The zero-order valence-electron chi connectivity index (χ0n) is 9.03. The number of hydrogen-bond donors (Lipinski definition) is 1. The number of nitrogens with zero attached hydrogens (tertiary/aromatic N) is 1. The fourth-order valence-corrected chi connectivity index (χ4v) is 1.65. The van der Waals surface area contributed by atoms with Crippen LogP contribution in [0.3, 0.4) is 0 Å². The molecular formula is C12H8BrF2NO2. The van der Waals surface area contributed by atoms with Crippen molar-refractivity contribution in [3.63, 3.8) is 0 Å². The van der Waals surface area contributed by atoms with E-state index >= 15 is 0 Å². The number of aromatic nitrogens is 1. The van der Waals surface area contributed by atoms with Crippen LogP contribution in [0, 0.1) is 11.6 Å². The van der Waals surface area contributed by atoms with Crippen LogP contribution in [0.4, 0.5) is 8.78 Å². The Hall–Kier alpha value is -1.53. The van der Waals surface area contributed by atoms with Crippen LogP contribution < -0.4 is 4.74 Å². The maximum absolute atomic E-state index is 13.7. The summed E-state index contributed by atoms with van der Waals surface area (Å²) in [7, 11) is 0. The minimum Gasteiger partial charge on any atom is -0.433 e. The summed E-state index contributed by atoms with van der Waals surface area (Å²) in [6.45, 7) is -0.479. The molecule has 0 atom stereocenters. The standard InChI is InChI=1S/C12H8BrF2NO2/c13-8-1-2-10(9(14)5-8)18-12-11(15)7(6-17)3-4-16-12/h1-5,17H,6H2.